The van der Waals surface area contributed by atoms with E-state index in [1.165, 1.54) is 6.92 Å². The number of anilines is 2. The van der Waals surface area contributed by atoms with Crippen molar-refractivity contribution in [1.29, 1.82) is 0 Å². The number of carbonyl (C=O) groups is 2. The average molecular weight is 744 g/mol. The molecule has 0 spiro atoms. The number of nitrogens with zero attached hydrogens (tertiary/aromatic N) is 7. The summed E-state index contributed by atoms with van der Waals surface area (Å²) in [5, 5.41) is 7.26. The number of carbonyl (C=O) groups excluding carboxylic acids is 2. The Balaban J connectivity index is 0.000000783. The van der Waals surface area contributed by atoms with E-state index in [1.54, 1.807) is 12.4 Å². The molecule has 3 unspecified atom stereocenters. The number of Topliss-reactive ketones (excluding diaryl/α,β-unsaturated/α-hetero) is 1. The second-order valence-electron chi connectivity index (χ2n) is 13.3. The molecule has 1 amide bonds. The van der Waals surface area contributed by atoms with Crippen LogP contribution in [0.4, 0.5) is 16.0 Å². The minimum Gasteiger partial charge on any atom is -0.460 e. The first-order chi connectivity index (χ1) is 26.1. The van der Waals surface area contributed by atoms with Gasteiger partial charge in [0.15, 0.2) is 5.78 Å². The Bertz CT molecular complexity index is 1690. The molecule has 0 bridgehead atoms. The summed E-state index contributed by atoms with van der Waals surface area (Å²) in [5.41, 5.74) is 5.29. The molecule has 54 heavy (non-hydrogen) atoms. The highest BCUT2D eigenvalue weighted by Crippen LogP contribution is 2.39. The van der Waals surface area contributed by atoms with Crippen LogP contribution in [0.15, 0.2) is 59.0 Å². The molecule has 2 aromatic carbocycles. The third kappa shape index (κ3) is 10.9. The Hall–Kier alpha value is -4.67. The van der Waals surface area contributed by atoms with Gasteiger partial charge in [0, 0.05) is 92.3 Å². The fraction of sp³-hybridized carbons (Fsp3) is 0.535. The molecule has 1 aromatic heterocycles. The summed E-state index contributed by atoms with van der Waals surface area (Å²) in [6, 6.07) is 11.5. The number of hydrogen-bond donors (Lipinski definition) is 0. The third-order valence-corrected chi connectivity index (χ3v) is 9.77. The number of alkyl halides is 1. The van der Waals surface area contributed by atoms with E-state index in [0.717, 1.165) is 53.6 Å². The molecule has 10 nitrogen and oxygen atoms in total. The van der Waals surface area contributed by atoms with Crippen LogP contribution < -0.4 is 14.5 Å². The summed E-state index contributed by atoms with van der Waals surface area (Å²) in [5.74, 6) is 1.50. The van der Waals surface area contributed by atoms with Gasteiger partial charge in [-0.15, -0.1) is 0 Å². The second kappa shape index (κ2) is 21.9. The highest BCUT2D eigenvalue weighted by Gasteiger charge is 2.37. The minimum absolute atomic E-state index is 0.0306. The minimum atomic E-state index is -1.44. The molecule has 11 heteroatoms. The van der Waals surface area contributed by atoms with Crippen LogP contribution in [-0.2, 0) is 17.8 Å². The molecule has 294 valence electrons. The van der Waals surface area contributed by atoms with Crippen LogP contribution in [0, 0.1) is 5.92 Å². The van der Waals surface area contributed by atoms with E-state index >= 15 is 0 Å². The summed E-state index contributed by atoms with van der Waals surface area (Å²) in [6.45, 7) is 22.0. The second-order valence-corrected chi connectivity index (χ2v) is 13.3. The number of aromatic nitrogens is 2. The number of amides is 1. The van der Waals surface area contributed by atoms with Crippen LogP contribution in [0.25, 0.3) is 11.1 Å². The monoisotopic (exact) mass is 743 g/mol. The van der Waals surface area contributed by atoms with E-state index in [1.807, 2.05) is 95.2 Å². The maximum atomic E-state index is 13.9. The largest absolute Gasteiger partial charge is 0.460 e. The van der Waals surface area contributed by atoms with Gasteiger partial charge in [-0.25, -0.2) is 14.4 Å². The molecule has 0 N–H and O–H groups in total. The van der Waals surface area contributed by atoms with Crippen molar-refractivity contribution in [1.82, 2.24) is 14.9 Å². The Morgan fingerprint density at radius 2 is 1.70 bits per heavy atom. The van der Waals surface area contributed by atoms with Crippen LogP contribution in [0.5, 0.6) is 5.75 Å². The van der Waals surface area contributed by atoms with Crippen LogP contribution in [0.3, 0.4) is 0 Å². The molecule has 4 atom stereocenters. The van der Waals surface area contributed by atoms with Gasteiger partial charge in [0.1, 0.15) is 5.75 Å². The number of aryl methyl sites for hydroxylation is 1. The lowest BCUT2D eigenvalue weighted by Gasteiger charge is -2.42. The van der Waals surface area contributed by atoms with Crippen LogP contribution in [0.1, 0.15) is 116 Å². The predicted octanol–water partition coefficient (Wildman–Crippen LogP) is 9.35. The van der Waals surface area contributed by atoms with E-state index in [-0.39, 0.29) is 29.7 Å². The lowest BCUT2D eigenvalue weighted by atomic mass is 10.0. The zero-order valence-corrected chi connectivity index (χ0v) is 34.2. The zero-order valence-electron chi connectivity index (χ0n) is 34.2. The van der Waals surface area contributed by atoms with Crippen molar-refractivity contribution in [2.75, 3.05) is 29.4 Å². The van der Waals surface area contributed by atoms with Gasteiger partial charge in [-0.2, -0.15) is 10.2 Å². The molecule has 1 fully saturated rings. The van der Waals surface area contributed by atoms with Gasteiger partial charge in [0.25, 0.3) is 0 Å². The Labute approximate surface area is 322 Å². The molecular weight excluding hydrogens is 682 g/mol. The molecule has 2 aliphatic rings. The first-order valence-corrected chi connectivity index (χ1v) is 19.8. The van der Waals surface area contributed by atoms with Gasteiger partial charge in [0.05, 0.1) is 6.04 Å². The molecule has 3 heterocycles. The molecule has 5 rings (SSSR count). The van der Waals surface area contributed by atoms with Crippen molar-refractivity contribution in [2.45, 2.75) is 126 Å². The van der Waals surface area contributed by atoms with E-state index in [4.69, 9.17) is 14.7 Å². The van der Waals surface area contributed by atoms with Gasteiger partial charge < -0.3 is 19.4 Å². The lowest BCUT2D eigenvalue weighted by molar-refractivity contribution is -0.138. The number of piperazine rings is 1. The van der Waals surface area contributed by atoms with Gasteiger partial charge in [-0.1, -0.05) is 73.6 Å². The van der Waals surface area contributed by atoms with Crippen molar-refractivity contribution in [3.05, 3.63) is 65.5 Å². The lowest BCUT2D eigenvalue weighted by Crippen LogP contribution is -2.56. The number of rotatable bonds is 13. The SMILES string of the molecule is C/C=N\N=C/CC.CC.CCc1ccc(OC(C)F)c(CN2c3cc(-c4cnc(N5CCN(C(=O)C(C)CC)[C@@H](CC)C5)nc4)ccc3C(=O)C2CC)c1. The first kappa shape index (κ1) is 43.7. The van der Waals surface area contributed by atoms with Crippen molar-refractivity contribution < 1.29 is 18.7 Å². The molecule has 3 aromatic rings. The van der Waals surface area contributed by atoms with Gasteiger partial charge >= 0.3 is 0 Å². The highest BCUT2D eigenvalue weighted by molar-refractivity contribution is 6.11. The van der Waals surface area contributed by atoms with Crippen molar-refractivity contribution in [2.24, 2.45) is 16.1 Å². The zero-order chi connectivity index (χ0) is 39.8. The smallest absolute Gasteiger partial charge is 0.235 e. The summed E-state index contributed by atoms with van der Waals surface area (Å²) < 4.78 is 19.4. The normalized spacial score (nSPS) is 17.8. The Morgan fingerprint density at radius 3 is 2.30 bits per heavy atom. The van der Waals surface area contributed by atoms with E-state index < -0.39 is 6.36 Å². The average Bonchev–Trinajstić information content (AvgIpc) is 3.47. The number of benzene rings is 2. The van der Waals surface area contributed by atoms with Crippen LogP contribution in [-0.4, -0.2) is 77.1 Å². The maximum absolute atomic E-state index is 13.9. The highest BCUT2D eigenvalue weighted by atomic mass is 19.1. The summed E-state index contributed by atoms with van der Waals surface area (Å²) >= 11 is 0. The van der Waals surface area contributed by atoms with Crippen molar-refractivity contribution in [3.63, 3.8) is 0 Å². The first-order valence-electron chi connectivity index (χ1n) is 19.8. The maximum Gasteiger partial charge on any atom is 0.235 e. The van der Waals surface area contributed by atoms with E-state index in [2.05, 4.69) is 40.8 Å². The van der Waals surface area contributed by atoms with Gasteiger partial charge in [-0.05, 0) is 68.4 Å². The molecular formula is C43H62FN7O3. The molecule has 2 aliphatic heterocycles. The molecule has 0 aliphatic carbocycles. The van der Waals surface area contributed by atoms with E-state index in [0.29, 0.717) is 49.9 Å². The van der Waals surface area contributed by atoms with Gasteiger partial charge in [0.2, 0.25) is 18.2 Å². The number of halogens is 1. The van der Waals surface area contributed by atoms with Gasteiger partial charge in [-0.3, -0.25) is 9.59 Å². The number of fused-ring (bicyclic) bond motifs is 1. The summed E-state index contributed by atoms with van der Waals surface area (Å²) in [4.78, 5) is 42.2. The summed E-state index contributed by atoms with van der Waals surface area (Å²) in [7, 11) is 0. The molecule has 0 radical (unpaired) electrons. The number of ketones is 1. The fourth-order valence-corrected chi connectivity index (χ4v) is 6.66. The van der Waals surface area contributed by atoms with E-state index in [9.17, 15) is 14.0 Å². The molecule has 0 saturated carbocycles. The predicted molar refractivity (Wildman–Crippen MR) is 221 cm³/mol. The number of hydrogen-bond acceptors (Lipinski definition) is 9. The quantitative estimate of drug-likeness (QED) is 0.127. The van der Waals surface area contributed by atoms with Crippen LogP contribution >= 0.6 is 0 Å². The van der Waals surface area contributed by atoms with Crippen molar-refractivity contribution in [3.8, 4) is 16.9 Å². The fourth-order valence-electron chi connectivity index (χ4n) is 6.66. The van der Waals surface area contributed by atoms with Crippen molar-refractivity contribution >= 4 is 35.8 Å². The topological polar surface area (TPSA) is 104 Å². The summed E-state index contributed by atoms with van der Waals surface area (Å²) in [6.07, 6.45) is 9.82. The third-order valence-electron chi connectivity index (χ3n) is 9.77. The van der Waals surface area contributed by atoms with Crippen LogP contribution in [0.2, 0.25) is 0 Å². The standard InChI is InChI=1S/C36H46FN5O3.C5H10N2.C2H6/c1-7-23(5)35(44)41-16-15-40(22-29(41)9-3)36-38-19-28(20-39-36)26-12-13-30-32(18-26)42(31(10-4)34(30)43)21-27-17-25(8-2)11-14-33(27)45-24(6)37;1-3-5-7-6-4-2;1-2/h11-14,17-20,23-24,29,31H,7-10,15-16,21-22H2,1-6H3;4-5H,3H2,1-2H3;1-2H3/b;6-4-,7-5-;/t23?,24?,29-,31?;;/m0../s1. The Kier molecular flexibility index (Phi) is 17.7. The number of ether oxygens (including phenoxy) is 1. The molecule has 1 saturated heterocycles. The Morgan fingerprint density at radius 1 is 0.981 bits per heavy atom.